The molecule has 0 radical (unpaired) electrons. The largest absolute Gasteiger partial charge is 0.457 e. The Morgan fingerprint density at radius 1 is 1.02 bits per heavy atom. The Labute approximate surface area is 266 Å². The molecule has 0 saturated carbocycles. The third-order valence-corrected chi connectivity index (χ3v) is 10.2. The number of nitrogens with zero attached hydrogens (tertiary/aromatic N) is 5. The lowest BCUT2D eigenvalue weighted by Crippen LogP contribution is -2.51. The Hall–Kier alpha value is -4.48. The van der Waals surface area contributed by atoms with Gasteiger partial charge in [0.15, 0.2) is 0 Å². The van der Waals surface area contributed by atoms with Crippen molar-refractivity contribution in [3.8, 4) is 11.5 Å². The maximum absolute atomic E-state index is 14.0. The fourth-order valence-electron chi connectivity index (χ4n) is 6.73. The van der Waals surface area contributed by atoms with Crippen LogP contribution >= 0.6 is 11.3 Å². The molecule has 10 nitrogen and oxygen atoms in total. The molecule has 7 rings (SSSR count). The van der Waals surface area contributed by atoms with E-state index in [4.69, 9.17) is 4.74 Å². The van der Waals surface area contributed by atoms with Crippen LogP contribution < -0.4 is 15.0 Å². The first-order chi connectivity index (χ1) is 21.8. The number of benzene rings is 2. The van der Waals surface area contributed by atoms with E-state index in [0.29, 0.717) is 39.1 Å². The molecule has 3 aliphatic rings. The van der Waals surface area contributed by atoms with Crippen LogP contribution in [0.5, 0.6) is 11.5 Å². The van der Waals surface area contributed by atoms with Crippen molar-refractivity contribution in [3.63, 3.8) is 0 Å². The average Bonchev–Trinajstić information content (AvgIpc) is 3.65. The molecule has 1 N–H and O–H groups in total. The molecule has 4 amide bonds. The molecule has 3 aliphatic heterocycles. The van der Waals surface area contributed by atoms with Crippen molar-refractivity contribution in [2.75, 3.05) is 50.5 Å². The Balaban J connectivity index is 1.14. The number of hydrogen-bond donors (Lipinski definition) is 1. The summed E-state index contributed by atoms with van der Waals surface area (Å²) in [5.74, 6) is 1.45. The average molecular weight is 625 g/mol. The van der Waals surface area contributed by atoms with E-state index in [1.54, 1.807) is 23.0 Å². The summed E-state index contributed by atoms with van der Waals surface area (Å²) < 4.78 is 6.00. The maximum atomic E-state index is 14.0. The first-order valence-corrected chi connectivity index (χ1v) is 16.2. The lowest BCUT2D eigenvalue weighted by atomic mass is 10.0. The number of para-hydroxylation sites is 1. The number of thiophene rings is 1. The van der Waals surface area contributed by atoms with Gasteiger partial charge in [0, 0.05) is 38.9 Å². The second kappa shape index (κ2) is 11.8. The molecule has 2 aromatic heterocycles. The number of urea groups is 1. The van der Waals surface area contributed by atoms with Crippen LogP contribution in [0, 0.1) is 12.8 Å². The molecule has 2 aromatic carbocycles. The van der Waals surface area contributed by atoms with Gasteiger partial charge in [-0.15, -0.1) is 11.3 Å². The molecule has 2 atom stereocenters. The number of ether oxygens (including phenoxy) is 1. The van der Waals surface area contributed by atoms with Crippen LogP contribution in [0.3, 0.4) is 0 Å². The van der Waals surface area contributed by atoms with Crippen molar-refractivity contribution >= 4 is 56.5 Å². The van der Waals surface area contributed by atoms with Crippen molar-refractivity contribution < 1.29 is 19.1 Å². The second-order valence-corrected chi connectivity index (χ2v) is 13.2. The van der Waals surface area contributed by atoms with Crippen LogP contribution in [0.25, 0.3) is 10.2 Å². The summed E-state index contributed by atoms with van der Waals surface area (Å²) in [5, 5.41) is 3.76. The van der Waals surface area contributed by atoms with Crippen LogP contribution in [-0.2, 0) is 4.79 Å². The van der Waals surface area contributed by atoms with Crippen LogP contribution in [0.4, 0.5) is 21.9 Å². The lowest BCUT2D eigenvalue weighted by molar-refractivity contribution is -0.137. The molecular formula is C34H36N6O4S. The minimum absolute atomic E-state index is 0.0284. The van der Waals surface area contributed by atoms with Gasteiger partial charge >= 0.3 is 6.03 Å². The standard InChI is InChI=1S/C34H36N6O4S/c1-21-18-25(44-24-9-5-4-6-10-24)11-12-26(21)40-27-13-15-35-31-28(27)29(36-34(40)43)30(45-31)33(42)38(3)23-8-7-16-39(20-23)32(41)22-14-17-37(2)19-22/h4-6,9-13,15,18,22-23H,7-8,14,16-17,19-20H2,1-3H3,(H,36,43). The van der Waals surface area contributed by atoms with Gasteiger partial charge < -0.3 is 24.8 Å². The number of rotatable bonds is 6. The fraction of sp³-hybridized carbons (Fsp3) is 0.353. The molecule has 232 valence electrons. The molecule has 2 unspecified atom stereocenters. The van der Waals surface area contributed by atoms with Crippen molar-refractivity contribution in [2.45, 2.75) is 32.2 Å². The third-order valence-electron chi connectivity index (χ3n) is 9.15. The van der Waals surface area contributed by atoms with Crippen molar-refractivity contribution in [2.24, 2.45) is 5.92 Å². The maximum Gasteiger partial charge on any atom is 0.331 e. The summed E-state index contributed by atoms with van der Waals surface area (Å²) in [6.07, 6.45) is 4.23. The van der Waals surface area contributed by atoms with Gasteiger partial charge in [0.2, 0.25) is 5.91 Å². The van der Waals surface area contributed by atoms with Gasteiger partial charge in [-0.2, -0.15) is 0 Å². The van der Waals surface area contributed by atoms with Gasteiger partial charge in [-0.25, -0.2) is 9.78 Å². The monoisotopic (exact) mass is 624 g/mol. The summed E-state index contributed by atoms with van der Waals surface area (Å²) in [5.41, 5.74) is 2.74. The number of pyridine rings is 1. The van der Waals surface area contributed by atoms with E-state index in [-0.39, 0.29) is 29.8 Å². The zero-order valence-corrected chi connectivity index (χ0v) is 26.5. The highest BCUT2D eigenvalue weighted by Gasteiger charge is 2.37. The summed E-state index contributed by atoms with van der Waals surface area (Å²) in [7, 11) is 3.85. The molecular weight excluding hydrogens is 588 g/mol. The molecule has 45 heavy (non-hydrogen) atoms. The van der Waals surface area contributed by atoms with Crippen LogP contribution in [-0.4, -0.2) is 83.8 Å². The third kappa shape index (κ3) is 5.40. The summed E-state index contributed by atoms with van der Waals surface area (Å²) in [4.78, 5) is 54.2. The van der Waals surface area contributed by atoms with E-state index >= 15 is 0 Å². The molecule has 2 saturated heterocycles. The van der Waals surface area contributed by atoms with Gasteiger partial charge in [0.05, 0.1) is 28.4 Å². The van der Waals surface area contributed by atoms with Gasteiger partial charge in [-0.3, -0.25) is 14.5 Å². The Bertz CT molecular complexity index is 1790. The van der Waals surface area contributed by atoms with Gasteiger partial charge in [0.25, 0.3) is 5.91 Å². The summed E-state index contributed by atoms with van der Waals surface area (Å²) in [6.45, 7) is 4.91. The van der Waals surface area contributed by atoms with Gasteiger partial charge in [-0.1, -0.05) is 18.2 Å². The molecule has 4 aromatic rings. The van der Waals surface area contributed by atoms with E-state index in [1.807, 2.05) is 73.5 Å². The minimum atomic E-state index is -0.346. The van der Waals surface area contributed by atoms with Crippen molar-refractivity contribution in [1.29, 1.82) is 0 Å². The topological polar surface area (TPSA) is 98.3 Å². The highest BCUT2D eigenvalue weighted by molar-refractivity contribution is 7.21. The first kappa shape index (κ1) is 29.2. The molecule has 5 heterocycles. The predicted octanol–water partition coefficient (Wildman–Crippen LogP) is 6.10. The smallest absolute Gasteiger partial charge is 0.331 e. The zero-order valence-electron chi connectivity index (χ0n) is 25.7. The van der Waals surface area contributed by atoms with E-state index in [2.05, 4.69) is 15.2 Å². The molecule has 0 aliphatic carbocycles. The summed E-state index contributed by atoms with van der Waals surface area (Å²) >= 11 is 1.29. The normalized spacial score (nSPS) is 19.9. The Kier molecular flexibility index (Phi) is 7.66. The van der Waals surface area contributed by atoms with E-state index < -0.39 is 0 Å². The number of aromatic nitrogens is 1. The number of hydrogen-bond acceptors (Lipinski definition) is 7. The molecule has 0 spiro atoms. The van der Waals surface area contributed by atoms with E-state index in [1.165, 1.54) is 11.3 Å². The number of piperidine rings is 1. The molecule has 11 heteroatoms. The number of nitrogens with one attached hydrogen (secondary N) is 1. The Morgan fingerprint density at radius 3 is 2.60 bits per heavy atom. The first-order valence-electron chi connectivity index (χ1n) is 15.4. The van der Waals surface area contributed by atoms with E-state index in [9.17, 15) is 14.4 Å². The van der Waals surface area contributed by atoms with Crippen molar-refractivity contribution in [3.05, 3.63) is 71.2 Å². The quantitative estimate of drug-likeness (QED) is 0.279. The predicted molar refractivity (Wildman–Crippen MR) is 176 cm³/mol. The Morgan fingerprint density at radius 2 is 1.84 bits per heavy atom. The number of likely N-dealkylation sites (tertiary alicyclic amines) is 2. The number of aryl methyl sites for hydroxylation is 1. The van der Waals surface area contributed by atoms with Crippen LogP contribution in [0.15, 0.2) is 60.8 Å². The number of likely N-dealkylation sites (N-methyl/N-ethyl adjacent to an activating group) is 1. The molecule has 2 fully saturated rings. The highest BCUT2D eigenvalue weighted by Crippen LogP contribution is 2.47. The van der Waals surface area contributed by atoms with E-state index in [0.717, 1.165) is 55.6 Å². The minimum Gasteiger partial charge on any atom is -0.457 e. The summed E-state index contributed by atoms with van der Waals surface area (Å²) in [6, 6.07) is 16.5. The zero-order chi connectivity index (χ0) is 31.2. The lowest BCUT2D eigenvalue weighted by Gasteiger charge is -2.38. The van der Waals surface area contributed by atoms with Gasteiger partial charge in [-0.05, 0) is 81.7 Å². The second-order valence-electron chi connectivity index (χ2n) is 12.2. The SMILES string of the molecule is Cc1cc(Oc2ccccc2)ccc1N1C(=O)Nc2c(C(=O)N(C)C3CCCN(C(=O)C4CCN(C)C4)C3)sc3nccc1c23. The van der Waals surface area contributed by atoms with Gasteiger partial charge in [0.1, 0.15) is 21.2 Å². The highest BCUT2D eigenvalue weighted by atomic mass is 32.1. The fourth-order valence-corrected chi connectivity index (χ4v) is 7.84. The van der Waals surface area contributed by atoms with Crippen LogP contribution in [0.2, 0.25) is 0 Å². The number of amides is 4. The number of carbonyl (C=O) groups excluding carboxylic acids is 3. The number of carbonyl (C=O) groups is 3. The number of anilines is 3. The van der Waals surface area contributed by atoms with Crippen LogP contribution in [0.1, 0.15) is 34.5 Å². The van der Waals surface area contributed by atoms with Crippen molar-refractivity contribution in [1.82, 2.24) is 19.7 Å². The molecule has 0 bridgehead atoms.